The molecule has 0 bridgehead atoms. The van der Waals surface area contributed by atoms with Crippen molar-refractivity contribution in [1.82, 2.24) is 0 Å². The van der Waals surface area contributed by atoms with Crippen LogP contribution >= 0.6 is 0 Å². The van der Waals surface area contributed by atoms with Crippen LogP contribution in [-0.2, 0) is 0 Å². The van der Waals surface area contributed by atoms with Crippen LogP contribution in [0.25, 0.3) is 55.0 Å². The molecule has 1 heterocycles. The zero-order chi connectivity index (χ0) is 28.8. The maximum absolute atomic E-state index is 6.43. The molecule has 0 amide bonds. The lowest BCUT2D eigenvalue weighted by Gasteiger charge is -2.30. The molecule has 0 radical (unpaired) electrons. The maximum Gasteiger partial charge on any atom is 0.138 e. The van der Waals surface area contributed by atoms with Gasteiger partial charge in [0.05, 0.1) is 11.4 Å². The Morgan fingerprint density at radius 1 is 0.465 bits per heavy atom. The van der Waals surface area contributed by atoms with E-state index < -0.39 is 0 Å². The molecule has 0 aliphatic heterocycles. The summed E-state index contributed by atoms with van der Waals surface area (Å²) < 4.78 is 6.43. The molecule has 0 spiro atoms. The molecule has 8 aromatic rings. The number of aryl methyl sites for hydroxylation is 1. The van der Waals surface area contributed by atoms with Gasteiger partial charge in [-0.1, -0.05) is 127 Å². The summed E-state index contributed by atoms with van der Waals surface area (Å²) in [6, 6.07) is 56.1. The zero-order valence-corrected chi connectivity index (χ0v) is 23.9. The average Bonchev–Trinajstić information content (AvgIpc) is 3.42. The zero-order valence-electron chi connectivity index (χ0n) is 23.9. The van der Waals surface area contributed by atoms with Gasteiger partial charge in [0.25, 0.3) is 0 Å². The molecule has 0 saturated heterocycles. The number of furan rings is 1. The molecule has 0 fully saturated rings. The van der Waals surface area contributed by atoms with Crippen molar-refractivity contribution in [3.8, 4) is 22.5 Å². The Morgan fingerprint density at radius 2 is 1.12 bits per heavy atom. The summed E-state index contributed by atoms with van der Waals surface area (Å²) in [6.45, 7) is 2.15. The van der Waals surface area contributed by atoms with Crippen LogP contribution < -0.4 is 4.90 Å². The molecule has 2 heteroatoms. The van der Waals surface area contributed by atoms with Crippen molar-refractivity contribution >= 4 is 49.6 Å². The van der Waals surface area contributed by atoms with E-state index in [0.717, 1.165) is 44.9 Å². The SMILES string of the molecule is Cc1c(-c2cccc(N(c3ccccc3-c3ccccc3)c3cc4ccccc4c4ccccc34)c2)oc2ccccc12. The van der Waals surface area contributed by atoms with E-state index in [0.29, 0.717) is 0 Å². The number of hydrogen-bond acceptors (Lipinski definition) is 2. The number of anilines is 3. The third-order valence-corrected chi connectivity index (χ3v) is 8.43. The third-order valence-electron chi connectivity index (χ3n) is 8.43. The second-order valence-electron chi connectivity index (χ2n) is 11.0. The van der Waals surface area contributed by atoms with Gasteiger partial charge >= 0.3 is 0 Å². The van der Waals surface area contributed by atoms with Gasteiger partial charge in [0.15, 0.2) is 0 Å². The van der Waals surface area contributed by atoms with Gasteiger partial charge in [-0.05, 0) is 59.0 Å². The smallest absolute Gasteiger partial charge is 0.138 e. The van der Waals surface area contributed by atoms with E-state index in [1.165, 1.54) is 32.7 Å². The molecule has 0 aliphatic carbocycles. The minimum Gasteiger partial charge on any atom is -0.456 e. The van der Waals surface area contributed by atoms with Crippen LogP contribution in [0.2, 0.25) is 0 Å². The van der Waals surface area contributed by atoms with Crippen LogP contribution in [0.15, 0.2) is 162 Å². The number of hydrogen-bond donors (Lipinski definition) is 0. The molecule has 0 saturated carbocycles. The van der Waals surface area contributed by atoms with Gasteiger partial charge < -0.3 is 9.32 Å². The lowest BCUT2D eigenvalue weighted by Crippen LogP contribution is -2.12. The second-order valence-corrected chi connectivity index (χ2v) is 11.0. The van der Waals surface area contributed by atoms with Crippen LogP contribution in [-0.4, -0.2) is 0 Å². The van der Waals surface area contributed by atoms with Gasteiger partial charge in [0, 0.05) is 33.2 Å². The minimum atomic E-state index is 0.905. The Morgan fingerprint density at radius 3 is 1.95 bits per heavy atom. The molecule has 0 N–H and O–H groups in total. The topological polar surface area (TPSA) is 16.4 Å². The fraction of sp³-hybridized carbons (Fsp3) is 0.0244. The number of fused-ring (bicyclic) bond motifs is 4. The van der Waals surface area contributed by atoms with Crippen molar-refractivity contribution in [3.05, 3.63) is 163 Å². The van der Waals surface area contributed by atoms with Gasteiger partial charge in [-0.15, -0.1) is 0 Å². The molecule has 8 rings (SSSR count). The van der Waals surface area contributed by atoms with Crippen molar-refractivity contribution in [2.75, 3.05) is 4.90 Å². The molecule has 0 atom stereocenters. The fourth-order valence-corrected chi connectivity index (χ4v) is 6.39. The van der Waals surface area contributed by atoms with E-state index in [-0.39, 0.29) is 0 Å². The van der Waals surface area contributed by atoms with E-state index in [1.807, 2.05) is 12.1 Å². The summed E-state index contributed by atoms with van der Waals surface area (Å²) in [4.78, 5) is 2.42. The Hall–Kier alpha value is -5.60. The number of rotatable bonds is 5. The Bertz CT molecular complexity index is 2260. The highest BCUT2D eigenvalue weighted by Crippen LogP contribution is 2.46. The predicted octanol–water partition coefficient (Wildman–Crippen LogP) is 11.9. The Balaban J connectivity index is 1.42. The number of benzene rings is 7. The third kappa shape index (κ3) is 4.27. The molecular weight excluding hydrogens is 522 g/mol. The summed E-state index contributed by atoms with van der Waals surface area (Å²) in [7, 11) is 0. The summed E-state index contributed by atoms with van der Waals surface area (Å²) >= 11 is 0. The highest BCUT2D eigenvalue weighted by atomic mass is 16.3. The maximum atomic E-state index is 6.43. The van der Waals surface area contributed by atoms with Gasteiger partial charge in [-0.25, -0.2) is 0 Å². The van der Waals surface area contributed by atoms with Gasteiger partial charge in [0.1, 0.15) is 11.3 Å². The highest BCUT2D eigenvalue weighted by Gasteiger charge is 2.21. The molecule has 7 aromatic carbocycles. The van der Waals surface area contributed by atoms with Crippen molar-refractivity contribution in [3.63, 3.8) is 0 Å². The van der Waals surface area contributed by atoms with Crippen LogP contribution in [0.1, 0.15) is 5.56 Å². The lowest BCUT2D eigenvalue weighted by atomic mass is 9.97. The van der Waals surface area contributed by atoms with E-state index in [9.17, 15) is 0 Å². The first-order chi connectivity index (χ1) is 21.3. The molecular formula is C41H29NO. The first kappa shape index (κ1) is 25.1. The van der Waals surface area contributed by atoms with E-state index in [4.69, 9.17) is 4.42 Å². The molecule has 0 unspecified atom stereocenters. The molecule has 204 valence electrons. The molecule has 0 aliphatic rings. The van der Waals surface area contributed by atoms with Crippen LogP contribution in [0.5, 0.6) is 0 Å². The van der Waals surface area contributed by atoms with Crippen molar-refractivity contribution in [2.24, 2.45) is 0 Å². The second kappa shape index (κ2) is 10.3. The van der Waals surface area contributed by atoms with E-state index >= 15 is 0 Å². The first-order valence-electron chi connectivity index (χ1n) is 14.7. The average molecular weight is 552 g/mol. The normalized spacial score (nSPS) is 11.4. The molecule has 2 nitrogen and oxygen atoms in total. The largest absolute Gasteiger partial charge is 0.456 e. The number of para-hydroxylation sites is 2. The van der Waals surface area contributed by atoms with Crippen molar-refractivity contribution in [2.45, 2.75) is 6.92 Å². The summed E-state index contributed by atoms with van der Waals surface area (Å²) in [5, 5.41) is 6.05. The first-order valence-corrected chi connectivity index (χ1v) is 14.7. The van der Waals surface area contributed by atoms with Crippen LogP contribution in [0.4, 0.5) is 17.1 Å². The summed E-state index contributed by atoms with van der Waals surface area (Å²) in [5.74, 6) is 0.905. The quantitative estimate of drug-likeness (QED) is 0.198. The minimum absolute atomic E-state index is 0.905. The van der Waals surface area contributed by atoms with Gasteiger partial charge in [0.2, 0.25) is 0 Å². The Kier molecular flexibility index (Phi) is 6.05. The summed E-state index contributed by atoms with van der Waals surface area (Å²) in [5.41, 5.74) is 8.79. The fourth-order valence-electron chi connectivity index (χ4n) is 6.39. The van der Waals surface area contributed by atoms with E-state index in [1.54, 1.807) is 0 Å². The molecule has 43 heavy (non-hydrogen) atoms. The number of nitrogens with zero attached hydrogens (tertiary/aromatic N) is 1. The van der Waals surface area contributed by atoms with Crippen LogP contribution in [0, 0.1) is 6.92 Å². The standard InChI is InChI=1S/C41H29NO/c1-28-33-19-10-12-25-40(33)43-41(28)31-17-13-18-32(26-31)42(38-24-11-9-21-35(38)29-14-3-2-4-15-29)39-27-30-16-5-6-20-34(30)36-22-7-8-23-37(36)39/h2-27H,1H3. The van der Waals surface area contributed by atoms with Gasteiger partial charge in [-0.2, -0.15) is 0 Å². The monoisotopic (exact) mass is 551 g/mol. The van der Waals surface area contributed by atoms with Crippen LogP contribution in [0.3, 0.4) is 0 Å². The molecule has 1 aromatic heterocycles. The predicted molar refractivity (Wildman–Crippen MR) is 182 cm³/mol. The Labute approximate surface area is 251 Å². The highest BCUT2D eigenvalue weighted by molar-refractivity contribution is 6.15. The van der Waals surface area contributed by atoms with Crippen molar-refractivity contribution in [1.29, 1.82) is 0 Å². The van der Waals surface area contributed by atoms with E-state index in [2.05, 4.69) is 157 Å². The van der Waals surface area contributed by atoms with Gasteiger partial charge in [-0.3, -0.25) is 0 Å². The lowest BCUT2D eigenvalue weighted by molar-refractivity contribution is 0.629. The summed E-state index contributed by atoms with van der Waals surface area (Å²) in [6.07, 6.45) is 0. The van der Waals surface area contributed by atoms with Crippen molar-refractivity contribution < 1.29 is 4.42 Å².